The highest BCUT2D eigenvalue weighted by atomic mass is 79.9. The smallest absolute Gasteiger partial charge is 0.00651 e. The molecule has 11 heavy (non-hydrogen) atoms. The summed E-state index contributed by atoms with van der Waals surface area (Å²) in [6.45, 7) is 0. The Morgan fingerprint density at radius 1 is 1.09 bits per heavy atom. The van der Waals surface area contributed by atoms with Crippen LogP contribution < -0.4 is 0 Å². The maximum absolute atomic E-state index is 3.61. The first-order valence-electron chi connectivity index (χ1n) is 4.93. The van der Waals surface area contributed by atoms with Crippen LogP contribution in [0.1, 0.15) is 44.9 Å². The molecule has 64 valence electrons. The summed E-state index contributed by atoms with van der Waals surface area (Å²) in [5.41, 5.74) is 0.833. The maximum Gasteiger partial charge on any atom is 0.00651 e. The van der Waals surface area contributed by atoms with Gasteiger partial charge in [0.1, 0.15) is 0 Å². The molecule has 0 saturated heterocycles. The van der Waals surface area contributed by atoms with Crippen LogP contribution in [0.15, 0.2) is 0 Å². The first-order valence-corrected chi connectivity index (χ1v) is 6.05. The van der Waals surface area contributed by atoms with Crippen LogP contribution in [-0.2, 0) is 0 Å². The van der Waals surface area contributed by atoms with Gasteiger partial charge in [-0.15, -0.1) is 0 Å². The Hall–Kier alpha value is 0.480. The highest BCUT2D eigenvalue weighted by molar-refractivity contribution is 9.09. The van der Waals surface area contributed by atoms with Gasteiger partial charge in [0.15, 0.2) is 0 Å². The summed E-state index contributed by atoms with van der Waals surface area (Å²) in [6.07, 6.45) is 10.6. The Morgan fingerprint density at radius 2 is 1.73 bits per heavy atom. The van der Waals surface area contributed by atoms with Crippen molar-refractivity contribution in [3.8, 4) is 0 Å². The summed E-state index contributed by atoms with van der Waals surface area (Å²) in [5, 5.41) is 1.26. The van der Waals surface area contributed by atoms with E-state index in [1.807, 2.05) is 0 Å². The highest BCUT2D eigenvalue weighted by Crippen LogP contribution is 2.60. The van der Waals surface area contributed by atoms with Crippen LogP contribution in [0.5, 0.6) is 0 Å². The molecule has 0 heterocycles. The molecule has 1 heteroatoms. The van der Waals surface area contributed by atoms with E-state index in [1.165, 1.54) is 50.3 Å². The van der Waals surface area contributed by atoms with Crippen LogP contribution >= 0.6 is 15.9 Å². The van der Waals surface area contributed by atoms with E-state index in [-0.39, 0.29) is 0 Å². The molecule has 2 saturated carbocycles. The molecule has 0 aromatic rings. The van der Waals surface area contributed by atoms with Crippen LogP contribution in [0.3, 0.4) is 0 Å². The van der Waals surface area contributed by atoms with Crippen molar-refractivity contribution in [1.29, 1.82) is 0 Å². The molecule has 2 fully saturated rings. The second-order valence-electron chi connectivity index (χ2n) is 4.33. The van der Waals surface area contributed by atoms with Gasteiger partial charge < -0.3 is 0 Å². The van der Waals surface area contributed by atoms with E-state index in [4.69, 9.17) is 0 Å². The van der Waals surface area contributed by atoms with Crippen LogP contribution in [0.2, 0.25) is 0 Å². The molecule has 1 atom stereocenters. The van der Waals surface area contributed by atoms with Gasteiger partial charge in [0.2, 0.25) is 0 Å². The molecule has 0 aliphatic heterocycles. The largest absolute Gasteiger partial charge is 0.0925 e. The lowest BCUT2D eigenvalue weighted by atomic mass is 9.95. The maximum atomic E-state index is 3.61. The Balaban J connectivity index is 1.92. The van der Waals surface area contributed by atoms with E-state index in [9.17, 15) is 0 Å². The van der Waals surface area contributed by atoms with Gasteiger partial charge in [0, 0.05) is 5.33 Å². The van der Waals surface area contributed by atoms with Crippen molar-refractivity contribution < 1.29 is 0 Å². The molecule has 1 unspecified atom stereocenters. The summed E-state index contributed by atoms with van der Waals surface area (Å²) >= 11 is 3.61. The summed E-state index contributed by atoms with van der Waals surface area (Å²) in [4.78, 5) is 0. The molecule has 1 spiro atoms. The van der Waals surface area contributed by atoms with Crippen molar-refractivity contribution in [3.05, 3.63) is 0 Å². The molecule has 0 aromatic carbocycles. The van der Waals surface area contributed by atoms with Crippen LogP contribution in [0.25, 0.3) is 0 Å². The van der Waals surface area contributed by atoms with Crippen LogP contribution in [-0.4, -0.2) is 5.33 Å². The summed E-state index contributed by atoms with van der Waals surface area (Å²) in [6, 6.07) is 0. The summed E-state index contributed by atoms with van der Waals surface area (Å²) in [7, 11) is 0. The monoisotopic (exact) mass is 216 g/mol. The van der Waals surface area contributed by atoms with E-state index < -0.39 is 0 Å². The number of rotatable bonds is 1. The lowest BCUT2D eigenvalue weighted by molar-refractivity contribution is 0.406. The van der Waals surface area contributed by atoms with E-state index in [2.05, 4.69) is 15.9 Å². The van der Waals surface area contributed by atoms with Gasteiger partial charge >= 0.3 is 0 Å². The number of alkyl halides is 1. The van der Waals surface area contributed by atoms with Gasteiger partial charge in [-0.2, -0.15) is 0 Å². The second-order valence-corrected chi connectivity index (χ2v) is 4.98. The highest BCUT2D eigenvalue weighted by Gasteiger charge is 2.51. The average Bonchev–Trinajstić information content (AvgIpc) is 2.76. The predicted octanol–water partition coefficient (Wildman–Crippen LogP) is 3.74. The zero-order valence-electron chi connectivity index (χ0n) is 7.11. The van der Waals surface area contributed by atoms with Crippen molar-refractivity contribution in [2.24, 2.45) is 11.3 Å². The minimum atomic E-state index is 0.833. The summed E-state index contributed by atoms with van der Waals surface area (Å²) in [5.74, 6) is 1.04. The topological polar surface area (TPSA) is 0 Å². The third-order valence-electron chi connectivity index (χ3n) is 3.64. The van der Waals surface area contributed by atoms with Gasteiger partial charge in [0.25, 0.3) is 0 Å². The quantitative estimate of drug-likeness (QED) is 0.587. The fourth-order valence-corrected chi connectivity index (χ4v) is 3.61. The first kappa shape index (κ1) is 8.10. The Morgan fingerprint density at radius 3 is 2.18 bits per heavy atom. The standard InChI is InChI=1S/C10H17Br/c11-8-9-7-10(9)5-3-1-2-4-6-10/h9H,1-8H2. The zero-order valence-corrected chi connectivity index (χ0v) is 8.70. The van der Waals surface area contributed by atoms with Gasteiger partial charge in [-0.1, -0.05) is 41.6 Å². The Bertz CT molecular complexity index is 134. The number of hydrogen-bond acceptors (Lipinski definition) is 0. The Labute approximate surface area is 77.9 Å². The minimum Gasteiger partial charge on any atom is -0.0925 e. The molecular formula is C10H17Br. The van der Waals surface area contributed by atoms with E-state index >= 15 is 0 Å². The molecule has 0 amide bonds. The van der Waals surface area contributed by atoms with Crippen molar-refractivity contribution >= 4 is 15.9 Å². The molecule has 2 aliphatic rings. The molecule has 0 bridgehead atoms. The van der Waals surface area contributed by atoms with E-state index in [0.29, 0.717) is 0 Å². The molecule has 2 aliphatic carbocycles. The number of halogens is 1. The minimum absolute atomic E-state index is 0.833. The second kappa shape index (κ2) is 3.08. The summed E-state index contributed by atoms with van der Waals surface area (Å²) < 4.78 is 0. The lowest BCUT2D eigenvalue weighted by Crippen LogP contribution is -2.02. The normalized spacial score (nSPS) is 35.2. The Kier molecular flexibility index (Phi) is 2.27. The van der Waals surface area contributed by atoms with Gasteiger partial charge in [-0.25, -0.2) is 0 Å². The third-order valence-corrected chi connectivity index (χ3v) is 4.43. The molecular weight excluding hydrogens is 200 g/mol. The zero-order chi connectivity index (χ0) is 7.73. The fourth-order valence-electron chi connectivity index (χ4n) is 2.70. The molecule has 0 aromatic heterocycles. The fraction of sp³-hybridized carbons (Fsp3) is 1.00. The lowest BCUT2D eigenvalue weighted by Gasteiger charge is -2.12. The first-order chi connectivity index (χ1) is 5.37. The third kappa shape index (κ3) is 1.49. The van der Waals surface area contributed by atoms with Crippen LogP contribution in [0, 0.1) is 11.3 Å². The van der Waals surface area contributed by atoms with E-state index in [0.717, 1.165) is 11.3 Å². The van der Waals surface area contributed by atoms with E-state index in [1.54, 1.807) is 0 Å². The van der Waals surface area contributed by atoms with Crippen molar-refractivity contribution in [2.75, 3.05) is 5.33 Å². The molecule has 0 nitrogen and oxygen atoms in total. The SMILES string of the molecule is BrCC1CC12CCCCCC2. The van der Waals surface area contributed by atoms with Gasteiger partial charge in [-0.3, -0.25) is 0 Å². The molecule has 0 radical (unpaired) electrons. The molecule has 0 N–H and O–H groups in total. The van der Waals surface area contributed by atoms with Gasteiger partial charge in [-0.05, 0) is 30.6 Å². The van der Waals surface area contributed by atoms with Crippen LogP contribution in [0.4, 0.5) is 0 Å². The van der Waals surface area contributed by atoms with Crippen molar-refractivity contribution in [1.82, 2.24) is 0 Å². The van der Waals surface area contributed by atoms with Crippen molar-refractivity contribution in [3.63, 3.8) is 0 Å². The van der Waals surface area contributed by atoms with Gasteiger partial charge in [0.05, 0.1) is 0 Å². The predicted molar refractivity (Wildman–Crippen MR) is 52.0 cm³/mol. The number of hydrogen-bond donors (Lipinski definition) is 0. The molecule has 2 rings (SSSR count). The average molecular weight is 217 g/mol. The van der Waals surface area contributed by atoms with Crippen molar-refractivity contribution in [2.45, 2.75) is 44.9 Å².